The molecule has 1 aromatic heterocycles. The second-order valence-electron chi connectivity index (χ2n) is 6.56. The van der Waals surface area contributed by atoms with Crippen LogP contribution in [0.3, 0.4) is 0 Å². The van der Waals surface area contributed by atoms with Crippen LogP contribution in [-0.2, 0) is 6.54 Å². The van der Waals surface area contributed by atoms with Crippen LogP contribution in [-0.4, -0.2) is 17.6 Å². The van der Waals surface area contributed by atoms with Crippen molar-refractivity contribution in [3.8, 4) is 0 Å². The number of thiazole rings is 1. The van der Waals surface area contributed by atoms with Gasteiger partial charge in [0.25, 0.3) is 0 Å². The van der Waals surface area contributed by atoms with Crippen LogP contribution in [0.2, 0.25) is 0 Å². The highest BCUT2D eigenvalue weighted by Gasteiger charge is 2.41. The third-order valence-electron chi connectivity index (χ3n) is 5.05. The van der Waals surface area contributed by atoms with Crippen LogP contribution in [0.15, 0.2) is 5.38 Å². The average Bonchev–Trinajstić information content (AvgIpc) is 2.76. The second-order valence-corrected chi connectivity index (χ2v) is 7.50. The fraction of sp³-hybridized carbons (Fsp3) is 0.800. The predicted molar refractivity (Wildman–Crippen MR) is 82.2 cm³/mol. The molecule has 1 saturated carbocycles. The van der Waals surface area contributed by atoms with Crippen molar-refractivity contribution in [3.63, 3.8) is 0 Å². The Morgan fingerprint density at radius 2 is 2.21 bits per heavy atom. The van der Waals surface area contributed by atoms with Gasteiger partial charge < -0.3 is 11.1 Å². The van der Waals surface area contributed by atoms with Crippen LogP contribution in [0.5, 0.6) is 0 Å². The molecule has 3 unspecified atom stereocenters. The van der Waals surface area contributed by atoms with E-state index in [4.69, 9.17) is 5.73 Å². The summed E-state index contributed by atoms with van der Waals surface area (Å²) in [4.78, 5) is 4.49. The fourth-order valence-corrected chi connectivity index (χ4v) is 3.88. The van der Waals surface area contributed by atoms with E-state index in [9.17, 15) is 0 Å². The highest BCUT2D eigenvalue weighted by atomic mass is 32.1. The van der Waals surface area contributed by atoms with E-state index in [1.54, 1.807) is 11.3 Å². The van der Waals surface area contributed by atoms with E-state index < -0.39 is 0 Å². The van der Waals surface area contributed by atoms with Crippen molar-refractivity contribution in [2.75, 3.05) is 6.54 Å². The molecule has 0 radical (unpaired) electrons. The van der Waals surface area contributed by atoms with Crippen molar-refractivity contribution in [1.29, 1.82) is 0 Å². The van der Waals surface area contributed by atoms with Crippen molar-refractivity contribution in [2.45, 2.75) is 53.1 Å². The summed E-state index contributed by atoms with van der Waals surface area (Å²) in [6.07, 6.45) is 2.40. The zero-order valence-electron chi connectivity index (χ0n) is 12.6. The standard InChI is InChI=1S/C15H27N3S/c1-10-9-19-14(18-10)8-17-7-12-5-6-13(16)11(2)15(12,3)4/h9,11-13,17H,5-8,16H2,1-4H3. The zero-order valence-corrected chi connectivity index (χ0v) is 13.4. The van der Waals surface area contributed by atoms with Crippen molar-refractivity contribution in [3.05, 3.63) is 16.1 Å². The molecule has 0 amide bonds. The van der Waals surface area contributed by atoms with Gasteiger partial charge in [-0.2, -0.15) is 0 Å². The Morgan fingerprint density at radius 3 is 2.84 bits per heavy atom. The molecular weight excluding hydrogens is 254 g/mol. The normalized spacial score (nSPS) is 30.5. The third kappa shape index (κ3) is 3.36. The van der Waals surface area contributed by atoms with E-state index in [2.05, 4.69) is 36.5 Å². The van der Waals surface area contributed by atoms with E-state index in [-0.39, 0.29) is 0 Å². The van der Waals surface area contributed by atoms with Crippen LogP contribution in [0, 0.1) is 24.2 Å². The maximum Gasteiger partial charge on any atom is 0.107 e. The number of nitrogens with zero attached hydrogens (tertiary/aromatic N) is 1. The maximum atomic E-state index is 6.21. The number of rotatable bonds is 4. The molecule has 3 nitrogen and oxygen atoms in total. The molecule has 108 valence electrons. The van der Waals surface area contributed by atoms with Gasteiger partial charge in [-0.05, 0) is 43.6 Å². The number of aromatic nitrogens is 1. The Labute approximate surface area is 121 Å². The topological polar surface area (TPSA) is 50.9 Å². The highest BCUT2D eigenvalue weighted by molar-refractivity contribution is 7.09. The molecule has 1 heterocycles. The SMILES string of the molecule is Cc1csc(CNCC2CCC(N)C(C)C2(C)C)n1. The highest BCUT2D eigenvalue weighted by Crippen LogP contribution is 2.43. The Balaban J connectivity index is 1.85. The molecule has 4 heteroatoms. The van der Waals surface area contributed by atoms with Crippen LogP contribution in [0.1, 0.15) is 44.3 Å². The zero-order chi connectivity index (χ0) is 14.0. The van der Waals surface area contributed by atoms with Gasteiger partial charge in [-0.3, -0.25) is 0 Å². The van der Waals surface area contributed by atoms with Gasteiger partial charge in [0.05, 0.1) is 0 Å². The lowest BCUT2D eigenvalue weighted by atomic mass is 9.61. The molecule has 0 bridgehead atoms. The molecule has 19 heavy (non-hydrogen) atoms. The van der Waals surface area contributed by atoms with Crippen molar-refractivity contribution < 1.29 is 0 Å². The fourth-order valence-electron chi connectivity index (χ4n) is 3.14. The molecular formula is C15H27N3S. The number of aryl methyl sites for hydroxylation is 1. The van der Waals surface area contributed by atoms with Crippen LogP contribution in [0.4, 0.5) is 0 Å². The van der Waals surface area contributed by atoms with E-state index in [1.807, 2.05) is 6.92 Å². The average molecular weight is 281 g/mol. The van der Waals surface area contributed by atoms with Gasteiger partial charge in [0.2, 0.25) is 0 Å². The maximum absolute atomic E-state index is 6.21. The van der Waals surface area contributed by atoms with E-state index in [0.29, 0.717) is 23.3 Å². The van der Waals surface area contributed by atoms with E-state index >= 15 is 0 Å². The first-order valence-electron chi connectivity index (χ1n) is 7.28. The smallest absolute Gasteiger partial charge is 0.107 e. The Bertz CT molecular complexity index is 413. The molecule has 1 fully saturated rings. The van der Waals surface area contributed by atoms with Crippen molar-refractivity contribution in [2.24, 2.45) is 23.0 Å². The van der Waals surface area contributed by atoms with Gasteiger partial charge in [-0.1, -0.05) is 20.8 Å². The molecule has 3 N–H and O–H groups in total. The quantitative estimate of drug-likeness (QED) is 0.892. The molecule has 1 aliphatic carbocycles. The van der Waals surface area contributed by atoms with Gasteiger partial charge in [-0.25, -0.2) is 4.98 Å². The molecule has 0 spiro atoms. The van der Waals surface area contributed by atoms with E-state index in [1.165, 1.54) is 11.4 Å². The molecule has 2 rings (SSSR count). The lowest BCUT2D eigenvalue weighted by Gasteiger charge is -2.47. The van der Waals surface area contributed by atoms with Gasteiger partial charge in [0.15, 0.2) is 0 Å². The van der Waals surface area contributed by atoms with E-state index in [0.717, 1.165) is 25.2 Å². The van der Waals surface area contributed by atoms with Gasteiger partial charge in [0.1, 0.15) is 5.01 Å². The largest absolute Gasteiger partial charge is 0.327 e. The second kappa shape index (κ2) is 5.90. The van der Waals surface area contributed by atoms with Gasteiger partial charge in [-0.15, -0.1) is 11.3 Å². The number of nitrogens with two attached hydrogens (primary N) is 1. The van der Waals surface area contributed by atoms with Crippen molar-refractivity contribution >= 4 is 11.3 Å². The first-order valence-corrected chi connectivity index (χ1v) is 8.16. The molecule has 3 atom stereocenters. The minimum Gasteiger partial charge on any atom is -0.327 e. The minimum absolute atomic E-state index is 0.323. The molecule has 1 aromatic rings. The monoisotopic (exact) mass is 281 g/mol. The third-order valence-corrected chi connectivity index (χ3v) is 6.02. The lowest BCUT2D eigenvalue weighted by Crippen LogP contribution is -2.49. The summed E-state index contributed by atoms with van der Waals surface area (Å²) in [5.41, 5.74) is 7.66. The van der Waals surface area contributed by atoms with Crippen LogP contribution in [0.25, 0.3) is 0 Å². The first kappa shape index (κ1) is 14.9. The molecule has 0 aromatic carbocycles. The number of hydrogen-bond acceptors (Lipinski definition) is 4. The Morgan fingerprint density at radius 1 is 1.47 bits per heavy atom. The summed E-state index contributed by atoms with van der Waals surface area (Å²) in [7, 11) is 0. The Kier molecular flexibility index (Phi) is 4.64. The number of nitrogens with one attached hydrogen (secondary N) is 1. The van der Waals surface area contributed by atoms with Crippen LogP contribution >= 0.6 is 11.3 Å². The lowest BCUT2D eigenvalue weighted by molar-refractivity contribution is 0.0539. The summed E-state index contributed by atoms with van der Waals surface area (Å²) < 4.78 is 0. The van der Waals surface area contributed by atoms with Gasteiger partial charge in [0, 0.05) is 23.7 Å². The summed E-state index contributed by atoms with van der Waals surface area (Å²) in [5, 5.41) is 6.89. The predicted octanol–water partition coefficient (Wildman–Crippen LogP) is 2.94. The van der Waals surface area contributed by atoms with Crippen molar-refractivity contribution in [1.82, 2.24) is 10.3 Å². The molecule has 1 aliphatic rings. The summed E-state index contributed by atoms with van der Waals surface area (Å²) in [5.74, 6) is 1.30. The minimum atomic E-state index is 0.323. The molecule has 0 saturated heterocycles. The summed E-state index contributed by atoms with van der Waals surface area (Å²) in [6.45, 7) is 11.1. The van der Waals surface area contributed by atoms with Gasteiger partial charge >= 0.3 is 0 Å². The first-order chi connectivity index (χ1) is 8.91. The molecule has 0 aliphatic heterocycles. The summed E-state index contributed by atoms with van der Waals surface area (Å²) >= 11 is 1.74. The number of hydrogen-bond donors (Lipinski definition) is 2. The summed E-state index contributed by atoms with van der Waals surface area (Å²) in [6, 6.07) is 0.368. The Hall–Kier alpha value is -0.450. The van der Waals surface area contributed by atoms with Crippen LogP contribution < -0.4 is 11.1 Å².